The first kappa shape index (κ1) is 11.4. The van der Waals surface area contributed by atoms with Gasteiger partial charge in [0.15, 0.2) is 0 Å². The molecule has 0 aromatic rings. The molecule has 4 nitrogen and oxygen atoms in total. The SMILES string of the molecule is CCOC(=O)CC(C)(Br)C(=O)[O-]. The number of carbonyl (C=O) groups excluding carboxylic acids is 2. The van der Waals surface area contributed by atoms with Crippen LogP contribution in [0, 0.1) is 0 Å². The molecule has 0 aliphatic carbocycles. The number of rotatable bonds is 4. The summed E-state index contributed by atoms with van der Waals surface area (Å²) in [6, 6.07) is 0. The van der Waals surface area contributed by atoms with Crippen molar-refractivity contribution in [2.75, 3.05) is 6.61 Å². The van der Waals surface area contributed by atoms with Crippen molar-refractivity contribution >= 4 is 27.9 Å². The summed E-state index contributed by atoms with van der Waals surface area (Å²) in [5, 5.41) is 10.4. The normalized spacial score (nSPS) is 14.9. The lowest BCUT2D eigenvalue weighted by Crippen LogP contribution is -2.42. The molecule has 1 unspecified atom stereocenters. The van der Waals surface area contributed by atoms with Crippen molar-refractivity contribution in [3.8, 4) is 0 Å². The van der Waals surface area contributed by atoms with Gasteiger partial charge in [-0.2, -0.15) is 0 Å². The van der Waals surface area contributed by atoms with E-state index in [-0.39, 0.29) is 13.0 Å². The van der Waals surface area contributed by atoms with E-state index in [2.05, 4.69) is 20.7 Å². The van der Waals surface area contributed by atoms with Crippen LogP contribution in [0.3, 0.4) is 0 Å². The van der Waals surface area contributed by atoms with Gasteiger partial charge in [-0.25, -0.2) is 0 Å². The Morgan fingerprint density at radius 3 is 2.42 bits per heavy atom. The topological polar surface area (TPSA) is 66.4 Å². The van der Waals surface area contributed by atoms with Gasteiger partial charge in [0.25, 0.3) is 0 Å². The Bertz CT molecular complexity index is 188. The van der Waals surface area contributed by atoms with E-state index in [9.17, 15) is 14.7 Å². The van der Waals surface area contributed by atoms with E-state index in [1.807, 2.05) is 0 Å². The zero-order valence-corrected chi connectivity index (χ0v) is 8.51. The van der Waals surface area contributed by atoms with Gasteiger partial charge in [-0.3, -0.25) is 4.79 Å². The van der Waals surface area contributed by atoms with Crippen molar-refractivity contribution in [1.29, 1.82) is 0 Å². The fourth-order valence-electron chi connectivity index (χ4n) is 0.555. The summed E-state index contributed by atoms with van der Waals surface area (Å²) in [4.78, 5) is 21.2. The van der Waals surface area contributed by atoms with Crippen LogP contribution in [0.15, 0.2) is 0 Å². The Morgan fingerprint density at radius 2 is 2.08 bits per heavy atom. The van der Waals surface area contributed by atoms with Crippen LogP contribution in [-0.2, 0) is 14.3 Å². The van der Waals surface area contributed by atoms with E-state index in [1.54, 1.807) is 6.92 Å². The van der Waals surface area contributed by atoms with E-state index >= 15 is 0 Å². The zero-order chi connectivity index (χ0) is 9.78. The predicted octanol–water partition coefficient (Wildman–Crippen LogP) is -0.157. The molecule has 0 aliphatic heterocycles. The van der Waals surface area contributed by atoms with Crippen molar-refractivity contribution in [2.45, 2.75) is 24.6 Å². The minimum absolute atomic E-state index is 0.233. The molecule has 70 valence electrons. The highest BCUT2D eigenvalue weighted by molar-refractivity contribution is 9.10. The summed E-state index contributed by atoms with van der Waals surface area (Å²) < 4.78 is 3.23. The van der Waals surface area contributed by atoms with Crippen LogP contribution in [-0.4, -0.2) is 22.9 Å². The molecule has 0 aliphatic rings. The van der Waals surface area contributed by atoms with E-state index in [4.69, 9.17) is 0 Å². The quantitative estimate of drug-likeness (QED) is 0.504. The summed E-state index contributed by atoms with van der Waals surface area (Å²) in [7, 11) is 0. The first-order chi connectivity index (χ1) is 5.40. The Morgan fingerprint density at radius 1 is 1.58 bits per heavy atom. The first-order valence-corrected chi connectivity index (χ1v) is 4.25. The molecule has 0 fully saturated rings. The van der Waals surface area contributed by atoms with Gasteiger partial charge in [-0.05, 0) is 13.8 Å². The molecule has 1 atom stereocenters. The van der Waals surface area contributed by atoms with Crippen LogP contribution in [0.2, 0.25) is 0 Å². The fourth-order valence-corrected chi connectivity index (χ4v) is 0.784. The van der Waals surface area contributed by atoms with Gasteiger partial charge >= 0.3 is 5.97 Å². The Balaban J connectivity index is 4.06. The van der Waals surface area contributed by atoms with Gasteiger partial charge in [-0.15, -0.1) is 0 Å². The summed E-state index contributed by atoms with van der Waals surface area (Å²) in [6.07, 6.45) is -0.233. The van der Waals surface area contributed by atoms with Crippen LogP contribution in [0.25, 0.3) is 0 Å². The summed E-state index contributed by atoms with van der Waals surface area (Å²) >= 11 is 2.85. The fraction of sp³-hybridized carbons (Fsp3) is 0.714. The second kappa shape index (κ2) is 4.45. The maximum absolute atomic E-state index is 10.8. The molecule has 0 rings (SSSR count). The minimum atomic E-state index is -1.33. The molecule has 5 heteroatoms. The van der Waals surface area contributed by atoms with Crippen molar-refractivity contribution in [2.24, 2.45) is 0 Å². The van der Waals surface area contributed by atoms with Crippen molar-refractivity contribution in [1.82, 2.24) is 0 Å². The lowest BCUT2D eigenvalue weighted by Gasteiger charge is -2.21. The van der Waals surface area contributed by atoms with Crippen molar-refractivity contribution in [3.63, 3.8) is 0 Å². The van der Waals surface area contributed by atoms with E-state index in [1.165, 1.54) is 6.92 Å². The Kier molecular flexibility index (Phi) is 4.23. The molecular weight excluding hydrogens is 228 g/mol. The molecule has 0 heterocycles. The Hall–Kier alpha value is -0.580. The van der Waals surface area contributed by atoms with Crippen molar-refractivity contribution < 1.29 is 19.4 Å². The van der Waals surface area contributed by atoms with E-state index < -0.39 is 16.3 Å². The lowest BCUT2D eigenvalue weighted by molar-refractivity contribution is -0.308. The molecule has 0 aromatic heterocycles. The van der Waals surface area contributed by atoms with Gasteiger partial charge < -0.3 is 14.6 Å². The molecule has 0 saturated heterocycles. The maximum atomic E-state index is 10.8. The average molecular weight is 238 g/mol. The maximum Gasteiger partial charge on any atom is 0.307 e. The third kappa shape index (κ3) is 3.71. The van der Waals surface area contributed by atoms with E-state index in [0.29, 0.717) is 0 Å². The molecule has 12 heavy (non-hydrogen) atoms. The second-order valence-corrected chi connectivity index (χ2v) is 4.22. The standard InChI is InChI=1S/C7H11BrO4/c1-3-12-5(9)4-7(2,8)6(10)11/h3-4H2,1-2H3,(H,10,11)/p-1. The number of alkyl halides is 1. The molecular formula is C7H10BrO4-. The number of halogens is 1. The van der Waals surface area contributed by atoms with Gasteiger partial charge in [0.2, 0.25) is 0 Å². The smallest absolute Gasteiger partial charge is 0.307 e. The predicted molar refractivity (Wildman–Crippen MR) is 43.6 cm³/mol. The van der Waals surface area contributed by atoms with Gasteiger partial charge in [0, 0.05) is 0 Å². The summed E-state index contributed by atoms with van der Waals surface area (Å²) in [5.41, 5.74) is 0. The molecule has 0 N–H and O–H groups in total. The average Bonchev–Trinajstić information content (AvgIpc) is 1.85. The number of carbonyl (C=O) groups is 2. The van der Waals surface area contributed by atoms with Gasteiger partial charge in [-0.1, -0.05) is 15.9 Å². The van der Waals surface area contributed by atoms with Crippen molar-refractivity contribution in [3.05, 3.63) is 0 Å². The molecule has 0 radical (unpaired) electrons. The van der Waals surface area contributed by atoms with Crippen LogP contribution in [0.4, 0.5) is 0 Å². The lowest BCUT2D eigenvalue weighted by atomic mass is 10.1. The number of carboxylic acid groups (broad SMARTS) is 1. The van der Waals surface area contributed by atoms with Gasteiger partial charge in [0.05, 0.1) is 23.3 Å². The van der Waals surface area contributed by atoms with E-state index in [0.717, 1.165) is 0 Å². The second-order valence-electron chi connectivity index (χ2n) is 2.47. The highest BCUT2D eigenvalue weighted by atomic mass is 79.9. The number of ether oxygens (including phenoxy) is 1. The number of carboxylic acids is 1. The molecule has 0 bridgehead atoms. The Labute approximate surface area is 79.0 Å². The molecule has 0 aromatic carbocycles. The number of esters is 1. The molecule has 0 amide bonds. The molecule has 0 spiro atoms. The summed E-state index contributed by atoms with van der Waals surface area (Å²) in [5.74, 6) is -1.88. The summed E-state index contributed by atoms with van der Waals surface area (Å²) in [6.45, 7) is 3.25. The zero-order valence-electron chi connectivity index (χ0n) is 6.93. The monoisotopic (exact) mass is 237 g/mol. The van der Waals surface area contributed by atoms with Gasteiger partial charge in [0.1, 0.15) is 0 Å². The van der Waals surface area contributed by atoms with Crippen LogP contribution in [0.5, 0.6) is 0 Å². The minimum Gasteiger partial charge on any atom is -0.549 e. The highest BCUT2D eigenvalue weighted by Crippen LogP contribution is 2.21. The number of aliphatic carboxylic acids is 1. The highest BCUT2D eigenvalue weighted by Gasteiger charge is 2.26. The third-order valence-electron chi connectivity index (χ3n) is 1.21. The first-order valence-electron chi connectivity index (χ1n) is 3.46. The third-order valence-corrected chi connectivity index (χ3v) is 1.81. The van der Waals surface area contributed by atoms with Crippen LogP contribution < -0.4 is 5.11 Å². The number of hydrogen-bond donors (Lipinski definition) is 0. The molecule has 0 saturated carbocycles. The van der Waals surface area contributed by atoms with Crippen LogP contribution in [0.1, 0.15) is 20.3 Å². The largest absolute Gasteiger partial charge is 0.549 e. The van der Waals surface area contributed by atoms with Crippen LogP contribution >= 0.6 is 15.9 Å². The number of hydrogen-bond acceptors (Lipinski definition) is 4.